The maximum Gasteiger partial charge on any atom is 0.416 e. The van der Waals surface area contributed by atoms with E-state index in [-0.39, 0.29) is 17.9 Å². The number of benzene rings is 3. The molecule has 1 amide bonds. The van der Waals surface area contributed by atoms with Crippen molar-refractivity contribution < 1.29 is 27.4 Å². The third-order valence-corrected chi connectivity index (χ3v) is 7.93. The number of aromatic nitrogens is 2. The van der Waals surface area contributed by atoms with E-state index in [1.165, 1.54) is 6.07 Å². The molecule has 5 rings (SSSR count). The number of rotatable bonds is 10. The Labute approximate surface area is 249 Å². The number of hydrogen-bond acceptors (Lipinski definition) is 5. The van der Waals surface area contributed by atoms with E-state index in [4.69, 9.17) is 14.6 Å². The van der Waals surface area contributed by atoms with Crippen molar-refractivity contribution in [1.82, 2.24) is 14.7 Å². The molecule has 0 saturated heterocycles. The third kappa shape index (κ3) is 7.31. The maximum absolute atomic E-state index is 13.4. The predicted molar refractivity (Wildman–Crippen MR) is 159 cm³/mol. The molecule has 1 saturated carbocycles. The molecule has 0 radical (unpaired) electrons. The van der Waals surface area contributed by atoms with Gasteiger partial charge in [0.2, 0.25) is 5.91 Å². The van der Waals surface area contributed by atoms with Crippen LogP contribution in [0.15, 0.2) is 78.9 Å². The molecule has 3 aromatic carbocycles. The molecule has 4 aromatic rings. The first-order valence-corrected chi connectivity index (χ1v) is 14.2. The van der Waals surface area contributed by atoms with Crippen molar-refractivity contribution in [2.24, 2.45) is 0 Å². The van der Waals surface area contributed by atoms with Gasteiger partial charge in [-0.2, -0.15) is 18.3 Å². The van der Waals surface area contributed by atoms with Gasteiger partial charge in [-0.15, -0.1) is 0 Å². The minimum Gasteiger partial charge on any atom is -0.497 e. The number of hydrogen-bond donors (Lipinski definition) is 1. The number of nitrogens with one attached hydrogen (secondary N) is 1. The molecule has 1 aromatic heterocycles. The topological polar surface area (TPSA) is 68.6 Å². The Balaban J connectivity index is 1.38. The van der Waals surface area contributed by atoms with Gasteiger partial charge >= 0.3 is 6.18 Å². The van der Waals surface area contributed by atoms with Crippen molar-refractivity contribution in [2.45, 2.75) is 57.4 Å². The quantitative estimate of drug-likeness (QED) is 0.208. The molecule has 2 atom stereocenters. The van der Waals surface area contributed by atoms with Crippen LogP contribution in [-0.4, -0.2) is 40.8 Å². The van der Waals surface area contributed by atoms with Crippen LogP contribution in [0, 0.1) is 0 Å². The van der Waals surface area contributed by atoms with Crippen LogP contribution in [0.4, 0.5) is 24.7 Å². The van der Waals surface area contributed by atoms with Crippen LogP contribution in [0.1, 0.15) is 54.5 Å². The van der Waals surface area contributed by atoms with Gasteiger partial charge in [-0.25, -0.2) is 4.68 Å². The molecule has 7 nitrogen and oxygen atoms in total. The first kappa shape index (κ1) is 30.0. The summed E-state index contributed by atoms with van der Waals surface area (Å²) in [5.74, 6) is 2.20. The van der Waals surface area contributed by atoms with Gasteiger partial charge in [0.1, 0.15) is 17.3 Å². The third-order valence-electron chi connectivity index (χ3n) is 7.93. The van der Waals surface area contributed by atoms with Gasteiger partial charge in [0.25, 0.3) is 0 Å². The molecule has 1 aliphatic rings. The van der Waals surface area contributed by atoms with Crippen LogP contribution in [0.25, 0.3) is 0 Å². The van der Waals surface area contributed by atoms with Crippen molar-refractivity contribution in [3.63, 3.8) is 0 Å². The van der Waals surface area contributed by atoms with Gasteiger partial charge in [-0.1, -0.05) is 30.3 Å². The minimum absolute atomic E-state index is 0.0124. The molecule has 1 aliphatic carbocycles. The Morgan fingerprint density at radius 3 is 2.21 bits per heavy atom. The van der Waals surface area contributed by atoms with Crippen molar-refractivity contribution in [2.75, 3.05) is 19.5 Å². The Morgan fingerprint density at radius 2 is 1.60 bits per heavy atom. The average molecular weight is 593 g/mol. The van der Waals surface area contributed by atoms with E-state index in [9.17, 15) is 18.0 Å². The number of nitrogens with zero attached hydrogens (tertiary/aromatic N) is 3. The predicted octanol–water partition coefficient (Wildman–Crippen LogP) is 7.40. The molecule has 43 heavy (non-hydrogen) atoms. The van der Waals surface area contributed by atoms with Gasteiger partial charge < -0.3 is 19.7 Å². The number of halogens is 3. The second-order valence-electron chi connectivity index (χ2n) is 10.8. The Kier molecular flexibility index (Phi) is 8.94. The van der Waals surface area contributed by atoms with Crippen molar-refractivity contribution >= 4 is 17.4 Å². The lowest BCUT2D eigenvalue weighted by Crippen LogP contribution is -2.36. The zero-order valence-corrected chi connectivity index (χ0v) is 24.4. The minimum atomic E-state index is -4.44. The van der Waals surface area contributed by atoms with Gasteiger partial charge in [-0.3, -0.25) is 4.79 Å². The van der Waals surface area contributed by atoms with E-state index in [0.717, 1.165) is 59.7 Å². The lowest BCUT2D eigenvalue weighted by Gasteiger charge is -2.28. The molecule has 0 aliphatic heterocycles. The van der Waals surface area contributed by atoms with Gasteiger partial charge in [0.15, 0.2) is 0 Å². The number of amides is 1. The van der Waals surface area contributed by atoms with Gasteiger partial charge in [0, 0.05) is 37.2 Å². The summed E-state index contributed by atoms with van der Waals surface area (Å²) in [4.78, 5) is 14.6. The zero-order valence-electron chi connectivity index (χ0n) is 24.4. The average Bonchev–Trinajstić information content (AvgIpc) is 3.64. The second kappa shape index (κ2) is 12.8. The summed E-state index contributed by atoms with van der Waals surface area (Å²) in [6, 6.07) is 22.4. The summed E-state index contributed by atoms with van der Waals surface area (Å²) in [6.07, 6.45) is -2.01. The summed E-state index contributed by atoms with van der Waals surface area (Å²) in [7, 11) is 3.22. The van der Waals surface area contributed by atoms with Crippen molar-refractivity contribution in [3.05, 3.63) is 101 Å². The summed E-state index contributed by atoms with van der Waals surface area (Å²) in [6.45, 7) is 2.51. The highest BCUT2D eigenvalue weighted by Gasteiger charge is 2.34. The normalized spacial score (nSPS) is 16.6. The second-order valence-corrected chi connectivity index (χ2v) is 10.8. The van der Waals surface area contributed by atoms with Crippen LogP contribution < -0.4 is 14.8 Å². The molecule has 0 bridgehead atoms. The van der Waals surface area contributed by atoms with E-state index >= 15 is 0 Å². The summed E-state index contributed by atoms with van der Waals surface area (Å²) in [5, 5.41) is 8.09. The highest BCUT2D eigenvalue weighted by Crippen LogP contribution is 2.39. The highest BCUT2D eigenvalue weighted by molar-refractivity contribution is 5.73. The summed E-state index contributed by atoms with van der Waals surface area (Å²) >= 11 is 0. The molecule has 1 N–H and O–H groups in total. The fourth-order valence-corrected chi connectivity index (χ4v) is 5.62. The van der Waals surface area contributed by atoms with Crippen molar-refractivity contribution in [1.29, 1.82) is 0 Å². The Hall–Kier alpha value is -4.47. The fourth-order valence-electron chi connectivity index (χ4n) is 5.62. The van der Waals surface area contributed by atoms with E-state index < -0.39 is 11.7 Å². The molecular formula is C33H35F3N4O3. The van der Waals surface area contributed by atoms with Crippen molar-refractivity contribution in [3.8, 4) is 11.5 Å². The van der Waals surface area contributed by atoms with E-state index in [2.05, 4.69) is 5.32 Å². The SMILES string of the molecule is COc1ccc(CN(C(C)=O)C2CCC(c3cc(Nc4cccc(C(F)(F)F)c4)n(Cc4ccc(OC)cc4)n3)C2)cc1. The first-order valence-electron chi connectivity index (χ1n) is 14.2. The zero-order chi connectivity index (χ0) is 30.6. The smallest absolute Gasteiger partial charge is 0.416 e. The monoisotopic (exact) mass is 592 g/mol. The number of ether oxygens (including phenoxy) is 2. The largest absolute Gasteiger partial charge is 0.497 e. The van der Waals surface area contributed by atoms with Crippen LogP contribution in [0.3, 0.4) is 0 Å². The lowest BCUT2D eigenvalue weighted by molar-refractivity contribution is -0.137. The van der Waals surface area contributed by atoms with E-state index in [0.29, 0.717) is 24.6 Å². The number of anilines is 2. The number of methoxy groups -OCH3 is 2. The number of carbonyl (C=O) groups excluding carboxylic acids is 1. The molecule has 2 unspecified atom stereocenters. The van der Waals surface area contributed by atoms with Crippen LogP contribution >= 0.6 is 0 Å². The lowest BCUT2D eigenvalue weighted by atomic mass is 10.0. The highest BCUT2D eigenvalue weighted by atomic mass is 19.4. The van der Waals surface area contributed by atoms with E-state index in [1.54, 1.807) is 31.9 Å². The molecule has 0 spiro atoms. The van der Waals surface area contributed by atoms with Gasteiger partial charge in [0.05, 0.1) is 32.0 Å². The Morgan fingerprint density at radius 1 is 0.953 bits per heavy atom. The first-order chi connectivity index (χ1) is 20.6. The van der Waals surface area contributed by atoms with Crippen LogP contribution in [0.2, 0.25) is 0 Å². The molecule has 226 valence electrons. The van der Waals surface area contributed by atoms with Gasteiger partial charge in [-0.05, 0) is 72.9 Å². The van der Waals surface area contributed by atoms with Crippen LogP contribution in [0.5, 0.6) is 11.5 Å². The standard InChI is InChI=1S/C33H35F3N4O3/c1-22(41)39(20-23-7-13-29(42-2)14-8-23)28-12-11-25(17-28)31-19-32(37-27-6-4-5-26(18-27)33(34,35)36)40(38-31)21-24-9-15-30(43-3)16-10-24/h4-10,13-16,18-19,25,28,37H,11-12,17,20-21H2,1-3H3. The number of alkyl halides is 3. The molecular weight excluding hydrogens is 557 g/mol. The summed E-state index contributed by atoms with van der Waals surface area (Å²) in [5.41, 5.74) is 2.44. The molecule has 1 heterocycles. The Bertz CT molecular complexity index is 1530. The summed E-state index contributed by atoms with van der Waals surface area (Å²) < 4.78 is 52.5. The maximum atomic E-state index is 13.4. The molecule has 10 heteroatoms. The molecule has 1 fully saturated rings. The van der Waals surface area contributed by atoms with Crippen LogP contribution in [-0.2, 0) is 24.1 Å². The van der Waals surface area contributed by atoms with E-state index in [1.807, 2.05) is 59.5 Å². The fraction of sp³-hybridized carbons (Fsp3) is 0.333. The number of carbonyl (C=O) groups is 1.